The molecule has 0 atom stereocenters. The minimum Gasteiger partial charge on any atom is -0.316 e. The maximum atomic E-state index is 3.26. The van der Waals surface area contributed by atoms with Crippen LogP contribution < -0.4 is 5.32 Å². The van der Waals surface area contributed by atoms with E-state index < -0.39 is 0 Å². The van der Waals surface area contributed by atoms with E-state index in [1.54, 1.807) is 5.57 Å². The molecule has 0 aromatic heterocycles. The van der Waals surface area contributed by atoms with Gasteiger partial charge in [-0.05, 0) is 30.0 Å². The highest BCUT2D eigenvalue weighted by Gasteiger charge is 2.21. The fraction of sp³-hybridized carbons (Fsp3) is 0.556. The van der Waals surface area contributed by atoms with Crippen molar-refractivity contribution in [1.29, 1.82) is 0 Å². The number of benzene rings is 1. The van der Waals surface area contributed by atoms with Gasteiger partial charge >= 0.3 is 0 Å². The molecule has 20 heavy (non-hydrogen) atoms. The van der Waals surface area contributed by atoms with Gasteiger partial charge in [0, 0.05) is 26.2 Å². The Balaban J connectivity index is 2.01. The van der Waals surface area contributed by atoms with E-state index in [9.17, 15) is 0 Å². The highest BCUT2D eigenvalue weighted by Crippen LogP contribution is 2.30. The fourth-order valence-corrected chi connectivity index (χ4v) is 2.85. The van der Waals surface area contributed by atoms with E-state index in [2.05, 4.69) is 61.3 Å². The second-order valence-corrected chi connectivity index (χ2v) is 6.76. The molecule has 0 saturated heterocycles. The molecule has 0 saturated carbocycles. The summed E-state index contributed by atoms with van der Waals surface area (Å²) in [4.78, 5) is 2.55. The van der Waals surface area contributed by atoms with Crippen LogP contribution in [-0.4, -0.2) is 25.0 Å². The molecular formula is C18H28N2. The van der Waals surface area contributed by atoms with Crippen LogP contribution in [0.4, 0.5) is 0 Å². The molecular weight excluding hydrogens is 244 g/mol. The van der Waals surface area contributed by atoms with Gasteiger partial charge in [-0.3, -0.25) is 4.90 Å². The number of hydrogen-bond acceptors (Lipinski definition) is 2. The summed E-state index contributed by atoms with van der Waals surface area (Å²) in [7, 11) is 2.01. The van der Waals surface area contributed by atoms with Gasteiger partial charge in [-0.2, -0.15) is 0 Å². The molecule has 0 radical (unpaired) electrons. The van der Waals surface area contributed by atoms with Gasteiger partial charge in [-0.1, -0.05) is 56.7 Å². The molecule has 1 N–H and O–H groups in total. The van der Waals surface area contributed by atoms with E-state index in [4.69, 9.17) is 0 Å². The van der Waals surface area contributed by atoms with Crippen LogP contribution in [0.5, 0.6) is 0 Å². The maximum absolute atomic E-state index is 3.26. The van der Waals surface area contributed by atoms with E-state index in [-0.39, 0.29) is 0 Å². The van der Waals surface area contributed by atoms with Crippen molar-refractivity contribution in [2.24, 2.45) is 5.41 Å². The summed E-state index contributed by atoms with van der Waals surface area (Å²) in [6, 6.07) is 8.76. The number of nitrogens with zero attached hydrogens (tertiary/aromatic N) is 1. The topological polar surface area (TPSA) is 15.3 Å². The first kappa shape index (κ1) is 15.3. The van der Waals surface area contributed by atoms with E-state index in [1.165, 1.54) is 24.1 Å². The molecule has 0 amide bonds. The minimum absolute atomic E-state index is 0.329. The van der Waals surface area contributed by atoms with Crippen LogP contribution >= 0.6 is 0 Å². The standard InChI is InChI=1S/C18H28N2/c1-18(2,3)17-9-11-20(12-10-17)14-16-8-6-5-7-15(16)13-19-4/h5-9,19H,10-14H2,1-4H3. The SMILES string of the molecule is CNCc1ccccc1CN1CC=C(C(C)(C)C)CC1. The molecule has 0 fully saturated rings. The van der Waals surface area contributed by atoms with Crippen molar-refractivity contribution in [3.8, 4) is 0 Å². The van der Waals surface area contributed by atoms with Gasteiger partial charge in [-0.25, -0.2) is 0 Å². The van der Waals surface area contributed by atoms with Crippen molar-refractivity contribution in [2.45, 2.75) is 40.3 Å². The van der Waals surface area contributed by atoms with Gasteiger partial charge in [0.05, 0.1) is 0 Å². The highest BCUT2D eigenvalue weighted by molar-refractivity contribution is 5.27. The van der Waals surface area contributed by atoms with Crippen LogP contribution in [0.15, 0.2) is 35.9 Å². The van der Waals surface area contributed by atoms with Crippen molar-refractivity contribution in [1.82, 2.24) is 10.2 Å². The zero-order valence-electron chi connectivity index (χ0n) is 13.4. The third kappa shape index (κ3) is 3.94. The summed E-state index contributed by atoms with van der Waals surface area (Å²) >= 11 is 0. The molecule has 110 valence electrons. The molecule has 2 nitrogen and oxygen atoms in total. The lowest BCUT2D eigenvalue weighted by Gasteiger charge is -2.32. The summed E-state index contributed by atoms with van der Waals surface area (Å²) in [5.41, 5.74) is 4.81. The second kappa shape index (κ2) is 6.55. The zero-order chi connectivity index (χ0) is 14.6. The average molecular weight is 272 g/mol. The molecule has 0 unspecified atom stereocenters. The Morgan fingerprint density at radius 1 is 1.15 bits per heavy atom. The van der Waals surface area contributed by atoms with Crippen molar-refractivity contribution in [2.75, 3.05) is 20.1 Å². The Bertz CT molecular complexity index is 469. The normalized spacial score (nSPS) is 17.1. The van der Waals surface area contributed by atoms with E-state index >= 15 is 0 Å². The summed E-state index contributed by atoms with van der Waals surface area (Å²) in [6.07, 6.45) is 3.64. The molecule has 0 bridgehead atoms. The molecule has 1 aromatic carbocycles. The summed E-state index contributed by atoms with van der Waals surface area (Å²) in [6.45, 7) is 11.2. The highest BCUT2D eigenvalue weighted by atomic mass is 15.1. The van der Waals surface area contributed by atoms with Crippen molar-refractivity contribution in [3.63, 3.8) is 0 Å². The Kier molecular flexibility index (Phi) is 5.00. The monoisotopic (exact) mass is 272 g/mol. The van der Waals surface area contributed by atoms with Gasteiger partial charge in [0.15, 0.2) is 0 Å². The Morgan fingerprint density at radius 2 is 1.85 bits per heavy atom. The van der Waals surface area contributed by atoms with E-state index in [0.29, 0.717) is 5.41 Å². The van der Waals surface area contributed by atoms with Crippen LogP contribution in [0.2, 0.25) is 0 Å². The molecule has 1 aliphatic rings. The molecule has 1 aliphatic heterocycles. The summed E-state index contributed by atoms with van der Waals surface area (Å²) in [5.74, 6) is 0. The van der Waals surface area contributed by atoms with Crippen LogP contribution in [0.3, 0.4) is 0 Å². The number of hydrogen-bond donors (Lipinski definition) is 1. The first-order chi connectivity index (χ1) is 9.50. The Morgan fingerprint density at radius 3 is 2.40 bits per heavy atom. The van der Waals surface area contributed by atoms with Crippen LogP contribution in [-0.2, 0) is 13.1 Å². The third-order valence-corrected chi connectivity index (χ3v) is 4.14. The van der Waals surface area contributed by atoms with E-state index in [1.807, 2.05) is 7.05 Å². The predicted octanol–water partition coefficient (Wildman–Crippen LogP) is 3.58. The van der Waals surface area contributed by atoms with Crippen LogP contribution in [0.25, 0.3) is 0 Å². The molecule has 2 heteroatoms. The molecule has 2 rings (SSSR count). The quantitative estimate of drug-likeness (QED) is 0.843. The smallest absolute Gasteiger partial charge is 0.0240 e. The first-order valence-electron chi connectivity index (χ1n) is 7.64. The third-order valence-electron chi connectivity index (χ3n) is 4.14. The van der Waals surface area contributed by atoms with Gasteiger partial charge in [0.25, 0.3) is 0 Å². The first-order valence-corrected chi connectivity index (χ1v) is 7.64. The lowest BCUT2D eigenvalue weighted by atomic mass is 9.83. The van der Waals surface area contributed by atoms with Crippen molar-refractivity contribution >= 4 is 0 Å². The molecule has 1 heterocycles. The lowest BCUT2D eigenvalue weighted by Crippen LogP contribution is -2.31. The number of rotatable bonds is 4. The molecule has 1 aromatic rings. The van der Waals surface area contributed by atoms with Crippen LogP contribution in [0, 0.1) is 5.41 Å². The average Bonchev–Trinajstić information content (AvgIpc) is 2.41. The summed E-state index contributed by atoms with van der Waals surface area (Å²) in [5, 5.41) is 3.26. The molecule has 0 spiro atoms. The van der Waals surface area contributed by atoms with Gasteiger partial charge in [0.2, 0.25) is 0 Å². The van der Waals surface area contributed by atoms with E-state index in [0.717, 1.165) is 19.6 Å². The van der Waals surface area contributed by atoms with Crippen molar-refractivity contribution < 1.29 is 0 Å². The Hall–Kier alpha value is -1.12. The lowest BCUT2D eigenvalue weighted by molar-refractivity contribution is 0.270. The molecule has 0 aliphatic carbocycles. The maximum Gasteiger partial charge on any atom is 0.0240 e. The van der Waals surface area contributed by atoms with Gasteiger partial charge in [0.1, 0.15) is 0 Å². The number of nitrogens with one attached hydrogen (secondary N) is 1. The van der Waals surface area contributed by atoms with Crippen molar-refractivity contribution in [3.05, 3.63) is 47.0 Å². The van der Waals surface area contributed by atoms with Gasteiger partial charge < -0.3 is 5.32 Å². The largest absolute Gasteiger partial charge is 0.316 e. The fourth-order valence-electron chi connectivity index (χ4n) is 2.85. The Labute approximate surface area is 123 Å². The van der Waals surface area contributed by atoms with Gasteiger partial charge in [-0.15, -0.1) is 0 Å². The zero-order valence-corrected chi connectivity index (χ0v) is 13.4. The summed E-state index contributed by atoms with van der Waals surface area (Å²) < 4.78 is 0. The second-order valence-electron chi connectivity index (χ2n) is 6.76. The minimum atomic E-state index is 0.329. The van der Waals surface area contributed by atoms with Crippen LogP contribution in [0.1, 0.15) is 38.3 Å². The predicted molar refractivity (Wildman–Crippen MR) is 86.6 cm³/mol.